The molecule has 0 saturated heterocycles. The van der Waals surface area contributed by atoms with Gasteiger partial charge < -0.3 is 10.4 Å². The van der Waals surface area contributed by atoms with Gasteiger partial charge in [0.2, 0.25) is 0 Å². The Morgan fingerprint density at radius 3 is 2.63 bits per heavy atom. The predicted octanol–water partition coefficient (Wildman–Crippen LogP) is 3.42. The third kappa shape index (κ3) is 3.51. The summed E-state index contributed by atoms with van der Waals surface area (Å²) in [5, 5.41) is 12.7. The SMILES string of the molecule is Cc1ccc(NCC(O)c2cccc(F)c2)c(F)c1. The summed E-state index contributed by atoms with van der Waals surface area (Å²) in [6, 6.07) is 10.5. The first-order valence-electron chi connectivity index (χ1n) is 6.00. The van der Waals surface area contributed by atoms with E-state index < -0.39 is 11.9 Å². The van der Waals surface area contributed by atoms with Crippen LogP contribution < -0.4 is 5.32 Å². The second-order valence-corrected chi connectivity index (χ2v) is 4.44. The number of nitrogens with one attached hydrogen (secondary N) is 1. The second-order valence-electron chi connectivity index (χ2n) is 4.44. The molecule has 0 amide bonds. The second kappa shape index (κ2) is 5.80. The van der Waals surface area contributed by atoms with Gasteiger partial charge in [0.15, 0.2) is 0 Å². The van der Waals surface area contributed by atoms with E-state index in [1.807, 2.05) is 0 Å². The van der Waals surface area contributed by atoms with Crippen molar-refractivity contribution in [2.45, 2.75) is 13.0 Å². The molecule has 0 aliphatic rings. The van der Waals surface area contributed by atoms with E-state index in [1.54, 1.807) is 25.1 Å². The summed E-state index contributed by atoms with van der Waals surface area (Å²) >= 11 is 0. The lowest BCUT2D eigenvalue weighted by Gasteiger charge is -2.14. The molecule has 0 radical (unpaired) electrons. The van der Waals surface area contributed by atoms with E-state index in [1.165, 1.54) is 24.3 Å². The van der Waals surface area contributed by atoms with Gasteiger partial charge in [-0.2, -0.15) is 0 Å². The Hall–Kier alpha value is -1.94. The minimum absolute atomic E-state index is 0.115. The first kappa shape index (κ1) is 13.5. The van der Waals surface area contributed by atoms with Crippen LogP contribution in [0.4, 0.5) is 14.5 Å². The molecule has 0 heterocycles. The Morgan fingerprint density at radius 2 is 1.95 bits per heavy atom. The zero-order valence-corrected chi connectivity index (χ0v) is 10.5. The summed E-state index contributed by atoms with van der Waals surface area (Å²) in [7, 11) is 0. The molecular formula is C15H15F2NO. The molecule has 100 valence electrons. The minimum Gasteiger partial charge on any atom is -0.387 e. The normalized spacial score (nSPS) is 12.2. The summed E-state index contributed by atoms with van der Waals surface area (Å²) < 4.78 is 26.6. The maximum absolute atomic E-state index is 13.6. The van der Waals surface area contributed by atoms with Gasteiger partial charge in [0.05, 0.1) is 11.8 Å². The largest absolute Gasteiger partial charge is 0.387 e. The van der Waals surface area contributed by atoms with Gasteiger partial charge >= 0.3 is 0 Å². The molecule has 0 aromatic heterocycles. The predicted molar refractivity (Wildman–Crippen MR) is 71.0 cm³/mol. The molecule has 19 heavy (non-hydrogen) atoms. The fourth-order valence-corrected chi connectivity index (χ4v) is 1.80. The number of aliphatic hydroxyl groups is 1. The van der Waals surface area contributed by atoms with Crippen molar-refractivity contribution in [1.29, 1.82) is 0 Å². The maximum atomic E-state index is 13.6. The number of halogens is 2. The van der Waals surface area contributed by atoms with Crippen molar-refractivity contribution in [1.82, 2.24) is 0 Å². The highest BCUT2D eigenvalue weighted by molar-refractivity contribution is 5.46. The zero-order chi connectivity index (χ0) is 13.8. The molecule has 0 aliphatic carbocycles. The van der Waals surface area contributed by atoms with Crippen LogP contribution in [-0.4, -0.2) is 11.7 Å². The molecule has 1 unspecified atom stereocenters. The van der Waals surface area contributed by atoms with E-state index in [0.717, 1.165) is 5.56 Å². The number of hydrogen-bond donors (Lipinski definition) is 2. The van der Waals surface area contributed by atoms with Crippen molar-refractivity contribution in [3.63, 3.8) is 0 Å². The van der Waals surface area contributed by atoms with Crippen molar-refractivity contribution in [2.75, 3.05) is 11.9 Å². The van der Waals surface area contributed by atoms with Crippen molar-refractivity contribution < 1.29 is 13.9 Å². The van der Waals surface area contributed by atoms with Crippen LogP contribution in [0, 0.1) is 18.6 Å². The molecule has 0 aliphatic heterocycles. The molecular weight excluding hydrogens is 248 g/mol. The third-order valence-corrected chi connectivity index (χ3v) is 2.84. The summed E-state index contributed by atoms with van der Waals surface area (Å²) in [6.07, 6.45) is -0.892. The van der Waals surface area contributed by atoms with Crippen LogP contribution in [0.5, 0.6) is 0 Å². The molecule has 2 N–H and O–H groups in total. The molecule has 2 aromatic carbocycles. The first-order chi connectivity index (χ1) is 9.06. The number of benzene rings is 2. The molecule has 2 aromatic rings. The van der Waals surface area contributed by atoms with Gasteiger partial charge in [-0.1, -0.05) is 18.2 Å². The van der Waals surface area contributed by atoms with Gasteiger partial charge in [0.1, 0.15) is 11.6 Å². The van der Waals surface area contributed by atoms with Crippen LogP contribution in [-0.2, 0) is 0 Å². The minimum atomic E-state index is -0.892. The van der Waals surface area contributed by atoms with Crippen LogP contribution in [0.3, 0.4) is 0 Å². The number of hydrogen-bond acceptors (Lipinski definition) is 2. The molecule has 0 spiro atoms. The van der Waals surface area contributed by atoms with E-state index in [4.69, 9.17) is 0 Å². The number of rotatable bonds is 4. The summed E-state index contributed by atoms with van der Waals surface area (Å²) in [6.45, 7) is 1.91. The molecule has 2 nitrogen and oxygen atoms in total. The fraction of sp³-hybridized carbons (Fsp3) is 0.200. The monoisotopic (exact) mass is 263 g/mol. The standard InChI is InChI=1S/C15H15F2NO/c1-10-5-6-14(13(17)7-10)18-9-15(19)11-3-2-4-12(16)8-11/h2-8,15,18-19H,9H2,1H3. The summed E-state index contributed by atoms with van der Waals surface area (Å²) in [5.41, 5.74) is 1.61. The smallest absolute Gasteiger partial charge is 0.146 e. The van der Waals surface area contributed by atoms with Gasteiger partial charge in [-0.15, -0.1) is 0 Å². The quantitative estimate of drug-likeness (QED) is 0.886. The van der Waals surface area contributed by atoms with Gasteiger partial charge in [-0.25, -0.2) is 8.78 Å². The van der Waals surface area contributed by atoms with Crippen LogP contribution >= 0.6 is 0 Å². The van der Waals surface area contributed by atoms with Crippen molar-refractivity contribution in [2.24, 2.45) is 0 Å². The van der Waals surface area contributed by atoms with Crippen LogP contribution in [0.1, 0.15) is 17.2 Å². The number of anilines is 1. The molecule has 4 heteroatoms. The lowest BCUT2D eigenvalue weighted by atomic mass is 10.1. The Bertz CT molecular complexity index is 572. The molecule has 1 atom stereocenters. The summed E-state index contributed by atoms with van der Waals surface area (Å²) in [4.78, 5) is 0. The molecule has 0 saturated carbocycles. The molecule has 0 bridgehead atoms. The Balaban J connectivity index is 2.02. The van der Waals surface area contributed by atoms with E-state index in [-0.39, 0.29) is 12.4 Å². The third-order valence-electron chi connectivity index (χ3n) is 2.84. The van der Waals surface area contributed by atoms with Crippen LogP contribution in [0.25, 0.3) is 0 Å². The van der Waals surface area contributed by atoms with Crippen molar-refractivity contribution in [3.8, 4) is 0 Å². The maximum Gasteiger partial charge on any atom is 0.146 e. The van der Waals surface area contributed by atoms with E-state index in [9.17, 15) is 13.9 Å². The highest BCUT2D eigenvalue weighted by Crippen LogP contribution is 2.18. The summed E-state index contributed by atoms with van der Waals surface area (Å²) in [5.74, 6) is -0.774. The highest BCUT2D eigenvalue weighted by atomic mass is 19.1. The van der Waals surface area contributed by atoms with E-state index in [2.05, 4.69) is 5.32 Å². The Labute approximate surface area is 110 Å². The first-order valence-corrected chi connectivity index (χ1v) is 6.00. The topological polar surface area (TPSA) is 32.3 Å². The van der Waals surface area contributed by atoms with Crippen molar-refractivity contribution in [3.05, 3.63) is 65.2 Å². The van der Waals surface area contributed by atoms with Gasteiger partial charge in [0, 0.05) is 6.54 Å². The van der Waals surface area contributed by atoms with Crippen LogP contribution in [0.15, 0.2) is 42.5 Å². The lowest BCUT2D eigenvalue weighted by Crippen LogP contribution is -2.13. The molecule has 0 fully saturated rings. The van der Waals surface area contributed by atoms with E-state index >= 15 is 0 Å². The number of aliphatic hydroxyl groups excluding tert-OH is 1. The Kier molecular flexibility index (Phi) is 4.12. The van der Waals surface area contributed by atoms with Gasteiger partial charge in [0.25, 0.3) is 0 Å². The van der Waals surface area contributed by atoms with Gasteiger partial charge in [-0.05, 0) is 42.3 Å². The average Bonchev–Trinajstić information content (AvgIpc) is 2.37. The zero-order valence-electron chi connectivity index (χ0n) is 10.5. The fourth-order valence-electron chi connectivity index (χ4n) is 1.80. The Morgan fingerprint density at radius 1 is 1.16 bits per heavy atom. The van der Waals surface area contributed by atoms with Crippen molar-refractivity contribution >= 4 is 5.69 Å². The van der Waals surface area contributed by atoms with Crippen LogP contribution in [0.2, 0.25) is 0 Å². The lowest BCUT2D eigenvalue weighted by molar-refractivity contribution is 0.191. The molecule has 2 rings (SSSR count). The number of aryl methyl sites for hydroxylation is 1. The van der Waals surface area contributed by atoms with Gasteiger partial charge in [-0.3, -0.25) is 0 Å². The average molecular weight is 263 g/mol. The highest BCUT2D eigenvalue weighted by Gasteiger charge is 2.09. The van der Waals surface area contributed by atoms with E-state index in [0.29, 0.717) is 11.3 Å².